The van der Waals surface area contributed by atoms with Crippen LogP contribution in [0.3, 0.4) is 0 Å². The molecule has 1 saturated heterocycles. The first-order valence-electron chi connectivity index (χ1n) is 8.44. The van der Waals surface area contributed by atoms with E-state index < -0.39 is 0 Å². The van der Waals surface area contributed by atoms with Gasteiger partial charge in [0.15, 0.2) is 0 Å². The van der Waals surface area contributed by atoms with Crippen LogP contribution in [0.4, 0.5) is 0 Å². The normalized spacial score (nSPS) is 18.8. The van der Waals surface area contributed by atoms with Crippen LogP contribution >= 0.6 is 47.2 Å². The molecule has 0 amide bonds. The molecule has 1 aliphatic rings. The summed E-state index contributed by atoms with van der Waals surface area (Å²) in [6.07, 6.45) is 3.39. The molecule has 0 bridgehead atoms. The summed E-state index contributed by atoms with van der Waals surface area (Å²) in [7, 11) is 0. The van der Waals surface area contributed by atoms with E-state index in [9.17, 15) is 0 Å². The van der Waals surface area contributed by atoms with Crippen LogP contribution in [0.25, 0.3) is 0 Å². The van der Waals surface area contributed by atoms with Gasteiger partial charge in [-0.25, -0.2) is 0 Å². The maximum Gasteiger partial charge on any atom is 0.0543 e. The quantitative estimate of drug-likeness (QED) is 0.454. The number of hydrogen-bond donors (Lipinski definition) is 1. The van der Waals surface area contributed by atoms with Gasteiger partial charge in [-0.2, -0.15) is 0 Å². The topological polar surface area (TPSA) is 16.1 Å². The summed E-state index contributed by atoms with van der Waals surface area (Å²) in [6.45, 7) is 6.45. The lowest BCUT2D eigenvalue weighted by atomic mass is 9.95. The molecule has 24 heavy (non-hydrogen) atoms. The number of benzene rings is 1. The second-order valence-electron chi connectivity index (χ2n) is 6.30. The minimum absolute atomic E-state index is 0.515. The summed E-state index contributed by atoms with van der Waals surface area (Å²) in [4.78, 5) is 7.57. The largest absolute Gasteiger partial charge is 0.256 e. The molecular weight excluding hydrogens is 447 g/mol. The molecular formula is C19H23IN2S2. The number of pyridine rings is 1. The maximum absolute atomic E-state index is 5.00. The van der Waals surface area contributed by atoms with E-state index in [0.717, 1.165) is 19.5 Å². The smallest absolute Gasteiger partial charge is 0.0543 e. The van der Waals surface area contributed by atoms with Crippen LogP contribution in [-0.4, -0.2) is 22.4 Å². The Bertz CT molecular complexity index is 721. The van der Waals surface area contributed by atoms with Crippen LogP contribution in [0.2, 0.25) is 0 Å². The van der Waals surface area contributed by atoms with Crippen molar-refractivity contribution in [2.24, 2.45) is 0 Å². The highest BCUT2D eigenvalue weighted by Crippen LogP contribution is 2.34. The molecule has 5 heteroatoms. The lowest BCUT2D eigenvalue weighted by molar-refractivity contribution is 0.341. The fourth-order valence-electron chi connectivity index (χ4n) is 3.09. The van der Waals surface area contributed by atoms with Gasteiger partial charge < -0.3 is 0 Å². The van der Waals surface area contributed by atoms with E-state index in [4.69, 9.17) is 4.98 Å². The van der Waals surface area contributed by atoms with Crippen molar-refractivity contribution < 1.29 is 0 Å². The number of halogens is 1. The molecule has 1 aromatic carbocycles. The van der Waals surface area contributed by atoms with Crippen molar-refractivity contribution in [3.05, 3.63) is 50.9 Å². The minimum atomic E-state index is 0.515. The third kappa shape index (κ3) is 4.48. The van der Waals surface area contributed by atoms with Gasteiger partial charge >= 0.3 is 0 Å². The molecule has 1 atom stereocenters. The molecule has 3 rings (SSSR count). The molecule has 0 spiro atoms. The Morgan fingerprint density at radius 1 is 1.33 bits per heavy atom. The van der Waals surface area contributed by atoms with Crippen LogP contribution < -0.4 is 0 Å². The van der Waals surface area contributed by atoms with Crippen molar-refractivity contribution in [3.8, 4) is 0 Å². The minimum Gasteiger partial charge on any atom is -0.256 e. The van der Waals surface area contributed by atoms with Gasteiger partial charge in [0.25, 0.3) is 0 Å². The van der Waals surface area contributed by atoms with Gasteiger partial charge in [-0.15, -0.1) is 0 Å². The van der Waals surface area contributed by atoms with Crippen LogP contribution in [0, 0.1) is 10.5 Å². The second kappa shape index (κ2) is 8.43. The second-order valence-corrected chi connectivity index (χ2v) is 9.14. The number of thiol groups is 1. The molecule has 0 radical (unpaired) electrons. The van der Waals surface area contributed by atoms with Crippen LogP contribution in [0.1, 0.15) is 42.6 Å². The number of nitrogens with zero attached hydrogens (tertiary/aromatic N) is 2. The van der Waals surface area contributed by atoms with Crippen molar-refractivity contribution in [2.45, 2.75) is 48.8 Å². The zero-order valence-electron chi connectivity index (χ0n) is 14.1. The maximum atomic E-state index is 5.00. The van der Waals surface area contributed by atoms with Crippen LogP contribution in [0.5, 0.6) is 0 Å². The molecule has 2 nitrogen and oxygen atoms in total. The predicted octanol–water partition coefficient (Wildman–Crippen LogP) is 5.73. The Morgan fingerprint density at radius 3 is 2.88 bits per heavy atom. The fraction of sp³-hybridized carbons (Fsp3) is 0.421. The van der Waals surface area contributed by atoms with Crippen molar-refractivity contribution in [3.63, 3.8) is 0 Å². The van der Waals surface area contributed by atoms with Crippen LogP contribution in [0.15, 0.2) is 40.1 Å². The summed E-state index contributed by atoms with van der Waals surface area (Å²) in [5.41, 5.74) is 3.78. The summed E-state index contributed by atoms with van der Waals surface area (Å²) >= 11 is 8.74. The van der Waals surface area contributed by atoms with E-state index in [-0.39, 0.29) is 0 Å². The van der Waals surface area contributed by atoms with Gasteiger partial charge in [-0.05, 0) is 84.7 Å². The zero-order chi connectivity index (χ0) is 17.1. The molecule has 0 saturated carbocycles. The lowest BCUT2D eigenvalue weighted by Crippen LogP contribution is -2.27. The molecule has 1 aliphatic heterocycles. The van der Waals surface area contributed by atoms with Gasteiger partial charge in [-0.1, -0.05) is 31.5 Å². The summed E-state index contributed by atoms with van der Waals surface area (Å²) in [5, 5.41) is 0. The average molecular weight is 470 g/mol. The highest BCUT2D eigenvalue weighted by atomic mass is 127. The van der Waals surface area contributed by atoms with Gasteiger partial charge in [0.1, 0.15) is 0 Å². The van der Waals surface area contributed by atoms with E-state index in [1.54, 1.807) is 0 Å². The number of hydrogen-bond acceptors (Lipinski definition) is 4. The van der Waals surface area contributed by atoms with Gasteiger partial charge in [0.2, 0.25) is 0 Å². The Hall–Kier alpha value is -0.240. The first-order chi connectivity index (χ1) is 11.6. The Labute approximate surface area is 168 Å². The van der Waals surface area contributed by atoms with E-state index in [0.29, 0.717) is 5.92 Å². The number of rotatable bonds is 4. The van der Waals surface area contributed by atoms with E-state index in [1.165, 1.54) is 43.2 Å². The highest BCUT2D eigenvalue weighted by molar-refractivity contribution is 14.1. The zero-order valence-corrected chi connectivity index (χ0v) is 18.0. The van der Waals surface area contributed by atoms with E-state index in [2.05, 4.69) is 83.9 Å². The Morgan fingerprint density at radius 2 is 2.17 bits per heavy atom. The molecule has 1 unspecified atom stereocenters. The summed E-state index contributed by atoms with van der Waals surface area (Å²) in [6, 6.07) is 11.1. The predicted molar refractivity (Wildman–Crippen MR) is 114 cm³/mol. The lowest BCUT2D eigenvalue weighted by Gasteiger charge is -2.28. The van der Waals surface area contributed by atoms with Gasteiger partial charge in [-0.3, -0.25) is 9.29 Å². The monoisotopic (exact) mass is 470 g/mol. The number of piperidine rings is 1. The highest BCUT2D eigenvalue weighted by Gasteiger charge is 2.21. The van der Waals surface area contributed by atoms with Crippen molar-refractivity contribution in [2.75, 3.05) is 13.1 Å². The van der Waals surface area contributed by atoms with E-state index in [1.807, 2.05) is 11.8 Å². The SMILES string of the molecule is CCc1nc(C2CCCN(S)C2)ccc1Sc1ccc(I)c(C)c1. The standard InChI is InChI=1S/C19H23IN2S2/c1-3-17-19(24-15-6-7-16(20)13(2)11-15)9-8-18(21-17)14-5-4-10-22(23)12-14/h6-9,11,14,23H,3-5,10,12H2,1-2H3. The molecule has 1 aromatic heterocycles. The third-order valence-corrected chi connectivity index (χ3v) is 7.12. The van der Waals surface area contributed by atoms with Crippen molar-refractivity contribution >= 4 is 47.2 Å². The summed E-state index contributed by atoms with van der Waals surface area (Å²) in [5.74, 6) is 0.515. The first-order valence-corrected chi connectivity index (χ1v) is 10.7. The van der Waals surface area contributed by atoms with Gasteiger partial charge in [0.05, 0.1) is 5.69 Å². The molecule has 2 aromatic rings. The Kier molecular flexibility index (Phi) is 6.51. The number of aryl methyl sites for hydroxylation is 2. The van der Waals surface area contributed by atoms with Gasteiger partial charge in [0, 0.05) is 38.1 Å². The molecule has 128 valence electrons. The number of aromatic nitrogens is 1. The molecule has 2 heterocycles. The molecule has 1 fully saturated rings. The van der Waals surface area contributed by atoms with Crippen LogP contribution in [-0.2, 0) is 6.42 Å². The fourth-order valence-corrected chi connectivity index (χ4v) is 4.83. The summed E-state index contributed by atoms with van der Waals surface area (Å²) < 4.78 is 3.44. The molecule has 0 aliphatic carbocycles. The Balaban J connectivity index is 1.82. The third-order valence-electron chi connectivity index (χ3n) is 4.46. The molecule has 0 N–H and O–H groups in total. The van der Waals surface area contributed by atoms with Crippen molar-refractivity contribution in [1.29, 1.82) is 0 Å². The van der Waals surface area contributed by atoms with E-state index >= 15 is 0 Å². The average Bonchev–Trinajstić information content (AvgIpc) is 2.58. The first kappa shape index (κ1) is 18.5. The van der Waals surface area contributed by atoms with Crippen molar-refractivity contribution in [1.82, 2.24) is 9.29 Å².